The third-order valence-corrected chi connectivity index (χ3v) is 7.80. The zero-order valence-corrected chi connectivity index (χ0v) is 22.8. The molecule has 5 aromatic rings. The minimum absolute atomic E-state index is 0.226. The van der Waals surface area contributed by atoms with Gasteiger partial charge in [-0.05, 0) is 59.7 Å². The van der Waals surface area contributed by atoms with E-state index >= 15 is 0 Å². The van der Waals surface area contributed by atoms with Gasteiger partial charge in [0.25, 0.3) is 0 Å². The van der Waals surface area contributed by atoms with Crippen molar-refractivity contribution < 1.29 is 14.0 Å². The molecule has 1 heterocycles. The summed E-state index contributed by atoms with van der Waals surface area (Å²) in [6.45, 7) is 0. The van der Waals surface area contributed by atoms with Gasteiger partial charge in [-0.3, -0.25) is 9.59 Å². The van der Waals surface area contributed by atoms with Gasteiger partial charge in [0.1, 0.15) is 11.1 Å². The number of carbonyl (C=O) groups excluding carboxylic acids is 2. The van der Waals surface area contributed by atoms with Crippen LogP contribution in [0.3, 0.4) is 0 Å². The number of benzene rings is 4. The predicted octanol–water partition coefficient (Wildman–Crippen LogP) is 8.07. The van der Waals surface area contributed by atoms with Crippen LogP contribution in [0.1, 0.15) is 16.4 Å². The van der Waals surface area contributed by atoms with Crippen molar-refractivity contribution in [2.75, 3.05) is 10.6 Å². The number of halogens is 1. The van der Waals surface area contributed by atoms with Crippen LogP contribution in [0.2, 0.25) is 0 Å². The number of thiazole rings is 1. The number of aromatic nitrogens is 1. The van der Waals surface area contributed by atoms with E-state index in [0.717, 1.165) is 21.6 Å². The Hall–Kier alpha value is -4.53. The molecule has 2 amide bonds. The molecular formula is C32H24FN3O2S2. The van der Waals surface area contributed by atoms with Crippen LogP contribution in [0.4, 0.5) is 15.2 Å². The SMILES string of the molecule is O=C(/C=C/c1ccccc1)Nc1cccc(SC(C(=O)Nc2nc(-c3ccc(F)cc3)cs2)c2ccccc2)c1. The summed E-state index contributed by atoms with van der Waals surface area (Å²) >= 11 is 2.69. The smallest absolute Gasteiger partial charge is 0.248 e. The summed E-state index contributed by atoms with van der Waals surface area (Å²) in [4.78, 5) is 31.3. The minimum Gasteiger partial charge on any atom is -0.322 e. The average molecular weight is 566 g/mol. The van der Waals surface area contributed by atoms with E-state index < -0.39 is 5.25 Å². The van der Waals surface area contributed by atoms with E-state index in [-0.39, 0.29) is 17.6 Å². The summed E-state index contributed by atoms with van der Waals surface area (Å²) in [5.74, 6) is -0.789. The first-order chi connectivity index (χ1) is 19.5. The van der Waals surface area contributed by atoms with Crippen LogP contribution in [0.5, 0.6) is 0 Å². The van der Waals surface area contributed by atoms with Crippen LogP contribution in [0, 0.1) is 5.82 Å². The largest absolute Gasteiger partial charge is 0.322 e. The molecule has 0 aliphatic carbocycles. The number of nitrogens with zero attached hydrogens (tertiary/aromatic N) is 1. The fraction of sp³-hybridized carbons (Fsp3) is 0.0312. The summed E-state index contributed by atoms with van der Waals surface area (Å²) < 4.78 is 13.3. The standard InChI is InChI=1S/C32H24FN3O2S2/c33-25-17-15-23(16-18-25)28-21-39-32(35-28)36-31(38)30(24-10-5-2-6-11-24)40-27-13-7-12-26(20-27)34-29(37)19-14-22-8-3-1-4-9-22/h1-21,30H,(H,34,37)(H,35,36,38)/b19-14+. The van der Waals surface area contributed by atoms with Crippen molar-refractivity contribution >= 4 is 51.8 Å². The summed E-state index contributed by atoms with van der Waals surface area (Å²) in [5.41, 5.74) is 3.83. The van der Waals surface area contributed by atoms with E-state index in [1.807, 2.05) is 90.3 Å². The Morgan fingerprint density at radius 2 is 1.57 bits per heavy atom. The van der Waals surface area contributed by atoms with Gasteiger partial charge < -0.3 is 10.6 Å². The molecule has 0 spiro atoms. The van der Waals surface area contributed by atoms with Gasteiger partial charge >= 0.3 is 0 Å². The Balaban J connectivity index is 1.30. The van der Waals surface area contributed by atoms with Crippen LogP contribution < -0.4 is 10.6 Å². The van der Waals surface area contributed by atoms with Crippen molar-refractivity contribution in [2.45, 2.75) is 10.1 Å². The van der Waals surface area contributed by atoms with Crippen LogP contribution in [0.25, 0.3) is 17.3 Å². The lowest BCUT2D eigenvalue weighted by atomic mass is 10.1. The fourth-order valence-corrected chi connectivity index (χ4v) is 5.67. The summed E-state index contributed by atoms with van der Waals surface area (Å²) in [7, 11) is 0. The maximum atomic E-state index is 13.5. The molecule has 5 rings (SSSR count). The van der Waals surface area contributed by atoms with E-state index in [1.54, 1.807) is 18.2 Å². The predicted molar refractivity (Wildman–Crippen MR) is 162 cm³/mol. The molecule has 2 N–H and O–H groups in total. The van der Waals surface area contributed by atoms with Gasteiger partial charge in [0.05, 0.1) is 5.69 Å². The van der Waals surface area contributed by atoms with E-state index in [9.17, 15) is 14.0 Å². The summed E-state index contributed by atoms with van der Waals surface area (Å²) in [6.07, 6.45) is 3.24. The van der Waals surface area contributed by atoms with Gasteiger partial charge in [0.2, 0.25) is 11.8 Å². The Morgan fingerprint density at radius 3 is 2.33 bits per heavy atom. The second-order valence-corrected chi connectivity index (χ2v) is 10.7. The molecule has 1 atom stereocenters. The molecule has 4 aromatic carbocycles. The van der Waals surface area contributed by atoms with Crippen molar-refractivity contribution in [1.82, 2.24) is 4.98 Å². The molecule has 0 bridgehead atoms. The van der Waals surface area contributed by atoms with Gasteiger partial charge in [0, 0.05) is 27.6 Å². The summed E-state index contributed by atoms with van der Waals surface area (Å²) in [5, 5.41) is 7.54. The molecule has 8 heteroatoms. The molecule has 1 unspecified atom stereocenters. The summed E-state index contributed by atoms with van der Waals surface area (Å²) in [6, 6.07) is 32.6. The normalized spacial score (nSPS) is 11.7. The van der Waals surface area contributed by atoms with Gasteiger partial charge in [-0.15, -0.1) is 23.1 Å². The lowest BCUT2D eigenvalue weighted by Crippen LogP contribution is -2.19. The van der Waals surface area contributed by atoms with Crippen molar-refractivity contribution in [2.24, 2.45) is 0 Å². The van der Waals surface area contributed by atoms with Crippen LogP contribution in [-0.2, 0) is 9.59 Å². The number of thioether (sulfide) groups is 1. The Morgan fingerprint density at radius 1 is 0.850 bits per heavy atom. The molecule has 0 saturated heterocycles. The van der Waals surface area contributed by atoms with Crippen molar-refractivity contribution in [1.29, 1.82) is 0 Å². The Bertz CT molecular complexity index is 1620. The first kappa shape index (κ1) is 27.1. The van der Waals surface area contributed by atoms with Crippen molar-refractivity contribution in [3.05, 3.63) is 138 Å². The first-order valence-electron chi connectivity index (χ1n) is 12.4. The van der Waals surface area contributed by atoms with E-state index in [0.29, 0.717) is 16.5 Å². The van der Waals surface area contributed by atoms with Crippen LogP contribution in [-0.4, -0.2) is 16.8 Å². The molecule has 0 aliphatic heterocycles. The number of amides is 2. The molecule has 198 valence electrons. The molecule has 0 aliphatic rings. The van der Waals surface area contributed by atoms with Gasteiger partial charge in [-0.25, -0.2) is 9.37 Å². The maximum absolute atomic E-state index is 13.5. The quantitative estimate of drug-likeness (QED) is 0.140. The van der Waals surface area contributed by atoms with E-state index in [2.05, 4.69) is 15.6 Å². The van der Waals surface area contributed by atoms with Gasteiger partial charge in [0.15, 0.2) is 5.13 Å². The highest BCUT2D eigenvalue weighted by atomic mass is 32.2. The number of carbonyl (C=O) groups is 2. The molecule has 0 fully saturated rings. The van der Waals surface area contributed by atoms with Crippen LogP contribution >= 0.6 is 23.1 Å². The van der Waals surface area contributed by atoms with Crippen molar-refractivity contribution in [3.8, 4) is 11.3 Å². The van der Waals surface area contributed by atoms with Crippen LogP contribution in [0.15, 0.2) is 126 Å². The number of nitrogens with one attached hydrogen (secondary N) is 2. The zero-order chi connectivity index (χ0) is 27.7. The Kier molecular flexibility index (Phi) is 8.80. The van der Waals surface area contributed by atoms with Gasteiger partial charge in [-0.1, -0.05) is 66.7 Å². The fourth-order valence-electron chi connectivity index (χ4n) is 3.86. The number of anilines is 2. The second kappa shape index (κ2) is 13.0. The highest BCUT2D eigenvalue weighted by Gasteiger charge is 2.23. The minimum atomic E-state index is -0.566. The lowest BCUT2D eigenvalue weighted by Gasteiger charge is -2.17. The third-order valence-electron chi connectivity index (χ3n) is 5.80. The monoisotopic (exact) mass is 565 g/mol. The van der Waals surface area contributed by atoms with E-state index in [4.69, 9.17) is 0 Å². The second-order valence-electron chi connectivity index (χ2n) is 8.70. The molecule has 0 saturated carbocycles. The first-order valence-corrected chi connectivity index (χ1v) is 14.2. The highest BCUT2D eigenvalue weighted by Crippen LogP contribution is 2.37. The van der Waals surface area contributed by atoms with E-state index in [1.165, 1.54) is 41.3 Å². The average Bonchev–Trinajstić information content (AvgIpc) is 3.44. The molecule has 40 heavy (non-hydrogen) atoms. The molecular weight excluding hydrogens is 542 g/mol. The highest BCUT2D eigenvalue weighted by molar-refractivity contribution is 8.00. The maximum Gasteiger partial charge on any atom is 0.248 e. The lowest BCUT2D eigenvalue weighted by molar-refractivity contribution is -0.116. The Labute approximate surface area is 239 Å². The zero-order valence-electron chi connectivity index (χ0n) is 21.2. The molecule has 0 radical (unpaired) electrons. The number of hydrogen-bond acceptors (Lipinski definition) is 5. The topological polar surface area (TPSA) is 71.1 Å². The van der Waals surface area contributed by atoms with Gasteiger partial charge in [-0.2, -0.15) is 0 Å². The number of rotatable bonds is 9. The third kappa shape index (κ3) is 7.31. The molecule has 1 aromatic heterocycles. The molecule has 5 nitrogen and oxygen atoms in total. The number of hydrogen-bond donors (Lipinski definition) is 2. The van der Waals surface area contributed by atoms with Crippen molar-refractivity contribution in [3.63, 3.8) is 0 Å².